The van der Waals surface area contributed by atoms with Crippen molar-refractivity contribution in [3.05, 3.63) is 114 Å². The van der Waals surface area contributed by atoms with Gasteiger partial charge in [0.25, 0.3) is 11.8 Å². The van der Waals surface area contributed by atoms with Crippen LogP contribution in [-0.2, 0) is 68.5 Å². The Morgan fingerprint density at radius 2 is 1.46 bits per heavy atom. The third-order valence-corrected chi connectivity index (χ3v) is 17.6. The molecule has 0 saturated carbocycles. The summed E-state index contributed by atoms with van der Waals surface area (Å²) < 4.78 is 31.4. The zero-order chi connectivity index (χ0) is 70.2. The first kappa shape index (κ1) is 73.2. The van der Waals surface area contributed by atoms with Crippen molar-refractivity contribution in [1.82, 2.24) is 39.9 Å². The summed E-state index contributed by atoms with van der Waals surface area (Å²) in [5, 5.41) is 37.1. The average molecular weight is 1370 g/mol. The molecule has 5 aromatic rings. The standard InChI is InChI=1S/C65H78N12O18S.Al/c1-36(2)56(72-54(80)19-23-92-25-26-93-24-20-66-52(78)18-21-75-55(81)31-50(96)63(75)87)59(83)67-38(4)58(82)68-42-14-10-39(11-15-42)35-95-65(90)77-45-30-49(48(91-7)29-44(45)61(85)76-32-37(3)27-46(76)62(77)86)94-22-8-9-53(79)70-51-34-74(6)57(71-51)60(84)69-43-16-12-40(13-17-43)41-28-47(64(88)89)73(5)33-41;/h10-17,28-30,33-34,36,38,46,50,56,62,86,96H,3,8-9,18-27,31-32,35H2,1-2,4-7H3,(H,66,78)(H,67,83)(H,68,82)(H,69,84)(H,70,79)(H,72,80)(H,88,89);/q;+1/p-1/t38-,46-,50?,56-,62?;/m0./s1. The fourth-order valence-corrected chi connectivity index (χ4v) is 11.9. The van der Waals surface area contributed by atoms with Crippen molar-refractivity contribution in [3.8, 4) is 22.6 Å². The molecule has 8 rings (SSSR count). The molecule has 5 heterocycles. The number of aliphatic hydroxyl groups is 1. The molecular formula is C65H77AlN12O18S. The summed E-state index contributed by atoms with van der Waals surface area (Å²) in [4.78, 5) is 150. The average Bonchev–Trinajstić information content (AvgIpc) is 1.62. The summed E-state index contributed by atoms with van der Waals surface area (Å²) in [7, 11) is 5.82. The van der Waals surface area contributed by atoms with Gasteiger partial charge in [0.1, 0.15) is 24.4 Å². The van der Waals surface area contributed by atoms with Crippen LogP contribution in [-0.4, -0.2) is 204 Å². The molecule has 8 N–H and O–H groups in total. The summed E-state index contributed by atoms with van der Waals surface area (Å²) in [5.41, 5.74) is 3.46. The second-order valence-electron chi connectivity index (χ2n) is 23.4. The van der Waals surface area contributed by atoms with E-state index in [1.807, 2.05) is 0 Å². The molecule has 0 spiro atoms. The van der Waals surface area contributed by atoms with Crippen molar-refractivity contribution in [2.45, 2.75) is 95.5 Å². The largest absolute Gasteiger partial charge is 0.493 e. The highest BCUT2D eigenvalue weighted by Crippen LogP contribution is 2.42. The number of likely N-dealkylation sites (tertiary alicyclic amines) is 1. The highest BCUT2D eigenvalue weighted by Gasteiger charge is 2.47. The van der Waals surface area contributed by atoms with Crippen molar-refractivity contribution in [3.63, 3.8) is 0 Å². The number of carboxylic acid groups (broad SMARTS) is 1. The number of anilines is 4. The number of hydrogen-bond acceptors (Lipinski definition) is 19. The van der Waals surface area contributed by atoms with E-state index in [2.05, 4.69) is 58.6 Å². The van der Waals surface area contributed by atoms with Gasteiger partial charge < -0.3 is 79.8 Å². The molecule has 10 amide bonds. The number of aryl methyl sites for hydroxylation is 2. The molecule has 97 heavy (non-hydrogen) atoms. The first-order valence-electron chi connectivity index (χ1n) is 31.1. The number of aromatic nitrogens is 3. The molecular weight excluding hydrogens is 1300 g/mol. The number of imide groups is 1. The Kier molecular flexibility index (Phi) is 25.6. The van der Waals surface area contributed by atoms with Gasteiger partial charge in [-0.1, -0.05) is 50.3 Å². The Bertz CT molecular complexity index is 3790. The second kappa shape index (κ2) is 33.9. The van der Waals surface area contributed by atoms with Crippen molar-refractivity contribution in [2.24, 2.45) is 20.0 Å². The van der Waals surface area contributed by atoms with Crippen LogP contribution in [0.4, 0.5) is 27.7 Å². The van der Waals surface area contributed by atoms with Crippen LogP contribution in [0, 0.1) is 5.92 Å². The monoisotopic (exact) mass is 1370 g/mol. The smallest absolute Gasteiger partial charge is 0.416 e. The van der Waals surface area contributed by atoms with E-state index in [4.69, 9.17) is 23.7 Å². The number of ether oxygens (including phenoxy) is 5. The van der Waals surface area contributed by atoms with Crippen LogP contribution in [0.3, 0.4) is 0 Å². The highest BCUT2D eigenvalue weighted by molar-refractivity contribution is 8.20. The van der Waals surface area contributed by atoms with Gasteiger partial charge in [0.2, 0.25) is 62.3 Å². The normalized spacial score (nSPS) is 16.4. The third-order valence-electron chi connectivity index (χ3n) is 15.9. The van der Waals surface area contributed by atoms with E-state index in [-0.39, 0.29) is 162 Å². The topological polar surface area (TPSA) is 379 Å². The number of benzene rings is 3. The Balaban J connectivity index is 0.770. The summed E-state index contributed by atoms with van der Waals surface area (Å²) in [6, 6.07) is 14.5. The number of imidazole rings is 1. The molecule has 2 aromatic heterocycles. The zero-order valence-electron chi connectivity index (χ0n) is 54.4. The maximum absolute atomic E-state index is 14.2. The summed E-state index contributed by atoms with van der Waals surface area (Å²) in [6.07, 6.45) is 0.887. The van der Waals surface area contributed by atoms with Crippen LogP contribution in [0.15, 0.2) is 91.3 Å². The number of carbonyl (C=O) groups excluding carboxylic acids is 10. The highest BCUT2D eigenvalue weighted by atomic mass is 32.3. The van der Waals surface area contributed by atoms with Gasteiger partial charge in [0, 0.05) is 94.8 Å². The molecule has 3 aliphatic rings. The minimum absolute atomic E-state index is 0.00513. The number of methoxy groups -OCH3 is 1. The van der Waals surface area contributed by atoms with Crippen LogP contribution >= 0.6 is 10.1 Å². The van der Waals surface area contributed by atoms with Crippen molar-refractivity contribution >= 4 is 113 Å². The number of fused-ring (bicyclic) bond motifs is 2. The lowest BCUT2D eigenvalue weighted by molar-refractivity contribution is -0.138. The fraction of sp³-hybridized carbons (Fsp3) is 0.415. The van der Waals surface area contributed by atoms with Gasteiger partial charge in [0.15, 0.2) is 23.5 Å². The molecule has 514 valence electrons. The summed E-state index contributed by atoms with van der Waals surface area (Å²) in [5.74, 6) is -5.10. The van der Waals surface area contributed by atoms with Crippen LogP contribution in [0.1, 0.15) is 96.3 Å². The van der Waals surface area contributed by atoms with Gasteiger partial charge >= 0.3 is 12.1 Å². The molecule has 2 unspecified atom stereocenters. The molecule has 2 fully saturated rings. The van der Waals surface area contributed by atoms with Crippen LogP contribution in [0.25, 0.3) is 11.1 Å². The minimum atomic E-state index is -1.60. The minimum Gasteiger partial charge on any atom is -0.493 e. The molecule has 5 atom stereocenters. The molecule has 2 saturated heterocycles. The number of hydrogen-bond donors (Lipinski definition) is 8. The summed E-state index contributed by atoms with van der Waals surface area (Å²) in [6.45, 7) is 9.50. The van der Waals surface area contributed by atoms with Crippen LogP contribution in [0.2, 0.25) is 0 Å². The summed E-state index contributed by atoms with van der Waals surface area (Å²) >= 11 is 2.37. The van der Waals surface area contributed by atoms with Gasteiger partial charge in [-0.25, -0.2) is 19.5 Å². The molecule has 2 radical (unpaired) electrons. The molecule has 3 aliphatic heterocycles. The quantitative estimate of drug-likeness (QED) is 0.0131. The Morgan fingerprint density at radius 3 is 2.13 bits per heavy atom. The van der Waals surface area contributed by atoms with Gasteiger partial charge in [0.05, 0.1) is 62.7 Å². The lowest BCUT2D eigenvalue weighted by Crippen LogP contribution is -2.53. The number of amides is 10. The number of aromatic carboxylic acids is 1. The van der Waals surface area contributed by atoms with Crippen molar-refractivity contribution in [2.75, 3.05) is 80.6 Å². The van der Waals surface area contributed by atoms with Crippen molar-refractivity contribution in [1.29, 1.82) is 0 Å². The maximum atomic E-state index is 14.2. The lowest BCUT2D eigenvalue weighted by Gasteiger charge is -2.31. The van der Waals surface area contributed by atoms with E-state index in [0.717, 1.165) is 15.4 Å². The predicted octanol–water partition coefficient (Wildman–Crippen LogP) is 3.89. The lowest BCUT2D eigenvalue weighted by atomic mass is 10.0. The van der Waals surface area contributed by atoms with Gasteiger partial charge in [-0.3, -0.25) is 58.2 Å². The van der Waals surface area contributed by atoms with E-state index in [1.165, 1.54) is 56.5 Å². The third kappa shape index (κ3) is 19.1. The van der Waals surface area contributed by atoms with E-state index in [0.29, 0.717) is 28.1 Å². The molecule has 0 bridgehead atoms. The predicted molar refractivity (Wildman–Crippen MR) is 354 cm³/mol. The van der Waals surface area contributed by atoms with E-state index < -0.39 is 77.1 Å². The molecule has 0 aliphatic carbocycles. The molecule has 30 nitrogen and oxygen atoms in total. The Morgan fingerprint density at radius 1 is 0.763 bits per heavy atom. The Labute approximate surface area is 569 Å². The van der Waals surface area contributed by atoms with E-state index >= 15 is 0 Å². The van der Waals surface area contributed by atoms with Gasteiger partial charge in [-0.05, 0) is 73.2 Å². The van der Waals surface area contributed by atoms with Gasteiger partial charge in [-0.15, -0.1) is 0 Å². The SMILES string of the molecule is C=C1C[C@H]2C(O)N(C(=O)OCc3ccc(NC(=O)[C@H](C)NC(=O)[C@@H](NC(=O)CCOCCOCCNC(=O)CCN4C(=O)CC([S][Al])C4=O)C(C)C)cc3)c3cc(OCCCC(=O)Nc4cn(C)c(C(=O)Nc5ccc(-c6cc(C(=O)O)n(C)c6)cc5)n4)c(OC)cc3C(=O)N2C1. The Hall–Kier alpha value is -9.58. The zero-order valence-corrected chi connectivity index (χ0v) is 56.3. The number of nitrogens with zero attached hydrogens (tertiary/aromatic N) is 6. The fourth-order valence-electron chi connectivity index (χ4n) is 10.8. The van der Waals surface area contributed by atoms with E-state index in [9.17, 15) is 63.0 Å². The number of nitrogens with one attached hydrogen (secondary N) is 6. The first-order chi connectivity index (χ1) is 46.3. The van der Waals surface area contributed by atoms with Crippen LogP contribution < -0.4 is 46.3 Å². The molecule has 3 aromatic carbocycles. The van der Waals surface area contributed by atoms with Gasteiger partial charge in [-0.2, -0.15) is 0 Å². The second-order valence-corrected chi connectivity index (χ2v) is 25.1. The number of aliphatic hydroxyl groups excluding tert-OH is 1. The van der Waals surface area contributed by atoms with Crippen LogP contribution in [0.5, 0.6) is 11.5 Å². The number of carboxylic acids is 1. The molecule has 32 heteroatoms. The number of rotatable bonds is 32. The first-order valence-corrected chi connectivity index (χ1v) is 33.4. The van der Waals surface area contributed by atoms with Crippen molar-refractivity contribution < 1.29 is 86.6 Å². The number of carbonyl (C=O) groups is 11. The maximum Gasteiger partial charge on any atom is 0.416 e. The van der Waals surface area contributed by atoms with E-state index in [1.54, 1.807) is 88.7 Å².